The number of alkyl halides is 2. The zero-order valence-electron chi connectivity index (χ0n) is 16.8. The van der Waals surface area contributed by atoms with Crippen LogP contribution in [0.2, 0.25) is 0 Å². The second kappa shape index (κ2) is 7.52. The fourth-order valence-electron chi connectivity index (χ4n) is 6.74. The van der Waals surface area contributed by atoms with E-state index in [1.54, 1.807) is 0 Å². The lowest BCUT2D eigenvalue weighted by atomic mass is 9.48. The van der Waals surface area contributed by atoms with Crippen molar-refractivity contribution in [2.75, 3.05) is 13.1 Å². The smallest absolute Gasteiger partial charge is 0.331 e. The van der Waals surface area contributed by atoms with E-state index in [9.17, 15) is 9.59 Å². The first kappa shape index (κ1) is 21.1. The number of hydrogen-bond donors (Lipinski definition) is 1. The molecule has 28 heavy (non-hydrogen) atoms. The predicted octanol–water partition coefficient (Wildman–Crippen LogP) is 4.31. The lowest BCUT2D eigenvalue weighted by Crippen LogP contribution is -2.61. The van der Waals surface area contributed by atoms with E-state index in [1.165, 1.54) is 0 Å². The van der Waals surface area contributed by atoms with Crippen LogP contribution in [0.15, 0.2) is 0 Å². The summed E-state index contributed by atoms with van der Waals surface area (Å²) in [6.45, 7) is 6.11. The van der Waals surface area contributed by atoms with Gasteiger partial charge in [-0.25, -0.2) is 4.79 Å². The first-order chi connectivity index (χ1) is 13.1. The summed E-state index contributed by atoms with van der Waals surface area (Å²) in [6.07, 6.45) is 7.38. The zero-order chi connectivity index (χ0) is 20.2. The lowest BCUT2D eigenvalue weighted by molar-refractivity contribution is -0.219. The number of esters is 2. The zero-order valence-corrected chi connectivity index (χ0v) is 19.9. The second-order valence-electron chi connectivity index (χ2n) is 10.2. The van der Waals surface area contributed by atoms with Crippen LogP contribution in [0.5, 0.6) is 0 Å². The summed E-state index contributed by atoms with van der Waals surface area (Å²) in [6, 6.07) is 0. The molecule has 0 amide bonds. The highest BCUT2D eigenvalue weighted by Crippen LogP contribution is 2.63. The molecule has 2 atom stereocenters. The SMILES string of the molecule is CC(C)(OC(=O)C12CC3CC(CC(OC(=O)C(Br)Br)(C3)C1)C2)C1CCNCC1. The summed E-state index contributed by atoms with van der Waals surface area (Å²) < 4.78 is 11.7. The molecule has 0 radical (unpaired) electrons. The van der Waals surface area contributed by atoms with Gasteiger partial charge >= 0.3 is 11.9 Å². The minimum absolute atomic E-state index is 0.0557. The molecule has 1 heterocycles. The van der Waals surface area contributed by atoms with Crippen LogP contribution in [0, 0.1) is 23.2 Å². The Bertz CT molecular complexity index is 630. The molecule has 2 unspecified atom stereocenters. The van der Waals surface area contributed by atoms with Crippen molar-refractivity contribution in [1.29, 1.82) is 0 Å². The molecule has 1 saturated heterocycles. The normalized spacial score (nSPS) is 37.9. The van der Waals surface area contributed by atoms with Gasteiger partial charge in [0, 0.05) is 12.3 Å². The number of hydrogen-bond acceptors (Lipinski definition) is 5. The van der Waals surface area contributed by atoms with Crippen molar-refractivity contribution in [2.45, 2.75) is 80.2 Å². The molecular formula is C21H31Br2NO4. The second-order valence-corrected chi connectivity index (χ2v) is 13.2. The molecule has 5 rings (SSSR count). The molecular weight excluding hydrogens is 490 g/mol. The van der Waals surface area contributed by atoms with Crippen molar-refractivity contribution >= 4 is 43.8 Å². The van der Waals surface area contributed by atoms with Gasteiger partial charge in [0.1, 0.15) is 11.2 Å². The average Bonchev–Trinajstić information content (AvgIpc) is 2.60. The highest BCUT2D eigenvalue weighted by Gasteiger charge is 2.63. The highest BCUT2D eigenvalue weighted by molar-refractivity contribution is 9.25. The largest absolute Gasteiger partial charge is 0.459 e. The van der Waals surface area contributed by atoms with Crippen molar-refractivity contribution in [3.63, 3.8) is 0 Å². The van der Waals surface area contributed by atoms with Gasteiger partial charge in [-0.2, -0.15) is 0 Å². The third-order valence-electron chi connectivity index (χ3n) is 7.61. The van der Waals surface area contributed by atoms with Crippen LogP contribution in [-0.4, -0.2) is 40.0 Å². The Morgan fingerprint density at radius 3 is 2.25 bits per heavy atom. The summed E-state index contributed by atoms with van der Waals surface area (Å²) in [5.41, 5.74) is -1.44. The van der Waals surface area contributed by atoms with Crippen molar-refractivity contribution < 1.29 is 19.1 Å². The van der Waals surface area contributed by atoms with Crippen LogP contribution in [-0.2, 0) is 19.1 Å². The molecule has 5 aliphatic rings. The van der Waals surface area contributed by atoms with Gasteiger partial charge in [-0.15, -0.1) is 0 Å². The predicted molar refractivity (Wildman–Crippen MR) is 113 cm³/mol. The van der Waals surface area contributed by atoms with E-state index in [-0.39, 0.29) is 11.9 Å². The fraction of sp³-hybridized carbons (Fsp3) is 0.905. The van der Waals surface area contributed by atoms with Crippen LogP contribution < -0.4 is 5.32 Å². The Hall–Kier alpha value is -0.140. The van der Waals surface area contributed by atoms with Gasteiger partial charge < -0.3 is 14.8 Å². The maximum atomic E-state index is 13.5. The number of halogens is 2. The molecule has 158 valence electrons. The third-order valence-corrected chi connectivity index (χ3v) is 8.36. The quantitative estimate of drug-likeness (QED) is 0.432. The van der Waals surface area contributed by atoms with E-state index in [1.807, 2.05) is 0 Å². The van der Waals surface area contributed by atoms with E-state index < -0.39 is 20.4 Å². The van der Waals surface area contributed by atoms with E-state index in [0.29, 0.717) is 24.2 Å². The van der Waals surface area contributed by atoms with E-state index in [2.05, 4.69) is 51.0 Å². The average molecular weight is 521 g/mol. The molecule has 4 aliphatic carbocycles. The van der Waals surface area contributed by atoms with Gasteiger partial charge in [-0.05, 0) is 83.7 Å². The molecule has 7 heteroatoms. The van der Waals surface area contributed by atoms with E-state index >= 15 is 0 Å². The molecule has 5 fully saturated rings. The first-order valence-electron chi connectivity index (χ1n) is 10.6. The molecule has 1 N–H and O–H groups in total. The Kier molecular flexibility index (Phi) is 5.67. The number of piperidine rings is 1. The summed E-state index contributed by atoms with van der Waals surface area (Å²) in [4.78, 5) is 25.8. The minimum Gasteiger partial charge on any atom is -0.459 e. The van der Waals surface area contributed by atoms with Gasteiger partial charge in [0.15, 0.2) is 3.74 Å². The molecule has 1 aliphatic heterocycles. The number of ether oxygens (including phenoxy) is 2. The van der Waals surface area contributed by atoms with E-state index in [0.717, 1.165) is 58.0 Å². The Labute approximate surface area is 184 Å². The van der Waals surface area contributed by atoms with E-state index in [4.69, 9.17) is 9.47 Å². The molecule has 0 aromatic heterocycles. The van der Waals surface area contributed by atoms with Crippen molar-refractivity contribution in [2.24, 2.45) is 23.2 Å². The standard InChI is InChI=1S/C21H31Br2NO4/c1-19(2,15-3-5-24-6-4-15)28-18(26)20-8-13-7-14(9-20)11-21(10-13,12-20)27-17(25)16(22)23/h13-16,24H,3-12H2,1-2H3. The van der Waals surface area contributed by atoms with Crippen LogP contribution >= 0.6 is 31.9 Å². The van der Waals surface area contributed by atoms with Gasteiger partial charge in [-0.3, -0.25) is 4.79 Å². The Morgan fingerprint density at radius 2 is 1.68 bits per heavy atom. The van der Waals surface area contributed by atoms with Crippen LogP contribution in [0.1, 0.15) is 65.2 Å². The van der Waals surface area contributed by atoms with Gasteiger partial charge in [0.25, 0.3) is 0 Å². The fourth-order valence-corrected chi connectivity index (χ4v) is 6.93. The molecule has 0 aromatic carbocycles. The highest BCUT2D eigenvalue weighted by atomic mass is 79.9. The number of nitrogens with one attached hydrogen (secondary N) is 1. The van der Waals surface area contributed by atoms with Crippen LogP contribution in [0.25, 0.3) is 0 Å². The lowest BCUT2D eigenvalue weighted by Gasteiger charge is -2.60. The van der Waals surface area contributed by atoms with Gasteiger partial charge in [-0.1, -0.05) is 31.9 Å². The topological polar surface area (TPSA) is 64.6 Å². The molecule has 4 bridgehead atoms. The number of carbonyl (C=O) groups excluding carboxylic acids is 2. The summed E-state index contributed by atoms with van der Waals surface area (Å²) in [5.74, 6) is 0.946. The van der Waals surface area contributed by atoms with Crippen molar-refractivity contribution in [3.05, 3.63) is 0 Å². The van der Waals surface area contributed by atoms with Crippen molar-refractivity contribution in [1.82, 2.24) is 5.32 Å². The molecule has 5 nitrogen and oxygen atoms in total. The third kappa shape index (κ3) is 3.92. The monoisotopic (exact) mass is 519 g/mol. The summed E-state index contributed by atoms with van der Waals surface area (Å²) in [5, 5.41) is 3.38. The minimum atomic E-state index is -0.505. The molecule has 4 saturated carbocycles. The maximum Gasteiger partial charge on any atom is 0.331 e. The van der Waals surface area contributed by atoms with Gasteiger partial charge in [0.2, 0.25) is 0 Å². The molecule has 0 aromatic rings. The Balaban J connectivity index is 1.52. The van der Waals surface area contributed by atoms with Gasteiger partial charge in [0.05, 0.1) is 5.41 Å². The Morgan fingerprint density at radius 1 is 1.07 bits per heavy atom. The number of carbonyl (C=O) groups is 2. The number of rotatable bonds is 5. The van der Waals surface area contributed by atoms with Crippen molar-refractivity contribution in [3.8, 4) is 0 Å². The van der Waals surface area contributed by atoms with Crippen LogP contribution in [0.3, 0.4) is 0 Å². The molecule has 0 spiro atoms. The summed E-state index contributed by atoms with van der Waals surface area (Å²) in [7, 11) is 0. The first-order valence-corrected chi connectivity index (χ1v) is 12.4. The van der Waals surface area contributed by atoms with Crippen LogP contribution in [0.4, 0.5) is 0 Å². The summed E-state index contributed by atoms with van der Waals surface area (Å²) >= 11 is 6.50. The maximum absolute atomic E-state index is 13.5.